The SMILES string of the molecule is CCCn1ncc(Br)c1C(O)C1(C)CCCCO1. The molecule has 1 aliphatic rings. The van der Waals surface area contributed by atoms with E-state index in [0.717, 1.165) is 49.0 Å². The van der Waals surface area contributed by atoms with E-state index in [-0.39, 0.29) is 0 Å². The molecule has 0 amide bonds. The van der Waals surface area contributed by atoms with Crippen molar-refractivity contribution in [2.75, 3.05) is 6.61 Å². The van der Waals surface area contributed by atoms with Gasteiger partial charge in [0.25, 0.3) is 0 Å². The number of halogens is 1. The zero-order valence-electron chi connectivity index (χ0n) is 11.0. The fourth-order valence-electron chi connectivity index (χ4n) is 2.49. The molecular formula is C13H21BrN2O2. The molecular weight excluding hydrogens is 296 g/mol. The third-order valence-corrected chi connectivity index (χ3v) is 4.22. The van der Waals surface area contributed by atoms with Crippen LogP contribution in [0.15, 0.2) is 10.7 Å². The summed E-state index contributed by atoms with van der Waals surface area (Å²) in [5.74, 6) is 0. The van der Waals surface area contributed by atoms with Crippen molar-refractivity contribution in [2.45, 2.75) is 57.8 Å². The second-order valence-corrected chi connectivity index (χ2v) is 5.98. The molecule has 0 bridgehead atoms. The van der Waals surface area contributed by atoms with E-state index < -0.39 is 11.7 Å². The molecule has 1 saturated heterocycles. The Balaban J connectivity index is 2.26. The number of aliphatic hydroxyl groups excluding tert-OH is 1. The molecule has 1 aromatic heterocycles. The van der Waals surface area contributed by atoms with Gasteiger partial charge in [0.15, 0.2) is 0 Å². The van der Waals surface area contributed by atoms with E-state index in [1.165, 1.54) is 0 Å². The molecule has 5 heteroatoms. The van der Waals surface area contributed by atoms with Crippen LogP contribution in [0, 0.1) is 0 Å². The van der Waals surface area contributed by atoms with Gasteiger partial charge in [-0.15, -0.1) is 0 Å². The molecule has 2 rings (SSSR count). The number of hydrogen-bond donors (Lipinski definition) is 1. The monoisotopic (exact) mass is 316 g/mol. The molecule has 18 heavy (non-hydrogen) atoms. The predicted octanol–water partition coefficient (Wildman–Crippen LogP) is 3.05. The molecule has 1 N–H and O–H groups in total. The summed E-state index contributed by atoms with van der Waals surface area (Å²) in [5.41, 5.74) is 0.341. The van der Waals surface area contributed by atoms with Crippen molar-refractivity contribution in [3.8, 4) is 0 Å². The van der Waals surface area contributed by atoms with Gasteiger partial charge in [0.05, 0.1) is 22.0 Å². The summed E-state index contributed by atoms with van der Waals surface area (Å²) in [6.45, 7) is 5.64. The van der Waals surface area contributed by atoms with Crippen molar-refractivity contribution in [1.82, 2.24) is 9.78 Å². The zero-order chi connectivity index (χ0) is 13.2. The van der Waals surface area contributed by atoms with E-state index in [1.807, 2.05) is 11.6 Å². The lowest BCUT2D eigenvalue weighted by Gasteiger charge is -2.38. The van der Waals surface area contributed by atoms with Crippen molar-refractivity contribution >= 4 is 15.9 Å². The standard InChI is InChI=1S/C13H21BrN2O2/c1-3-7-16-11(10(14)9-15-16)12(17)13(2)6-4-5-8-18-13/h9,12,17H,3-8H2,1-2H3. The van der Waals surface area contributed by atoms with Gasteiger partial charge in [-0.1, -0.05) is 6.92 Å². The molecule has 4 nitrogen and oxygen atoms in total. The van der Waals surface area contributed by atoms with E-state index >= 15 is 0 Å². The van der Waals surface area contributed by atoms with Crippen LogP contribution in [0.4, 0.5) is 0 Å². The van der Waals surface area contributed by atoms with Gasteiger partial charge in [-0.25, -0.2) is 0 Å². The Morgan fingerprint density at radius 3 is 3.00 bits per heavy atom. The van der Waals surface area contributed by atoms with Crippen LogP contribution in [0.1, 0.15) is 51.3 Å². The van der Waals surface area contributed by atoms with E-state index in [4.69, 9.17) is 4.74 Å². The van der Waals surface area contributed by atoms with Crippen LogP contribution in [0.25, 0.3) is 0 Å². The third-order valence-electron chi connectivity index (χ3n) is 3.61. The fraction of sp³-hybridized carbons (Fsp3) is 0.769. The van der Waals surface area contributed by atoms with Gasteiger partial charge in [-0.3, -0.25) is 4.68 Å². The Kier molecular flexibility index (Phi) is 4.45. The van der Waals surface area contributed by atoms with Gasteiger partial charge < -0.3 is 9.84 Å². The Labute approximate surface area is 116 Å². The minimum Gasteiger partial charge on any atom is -0.384 e. The van der Waals surface area contributed by atoms with Crippen LogP contribution in [-0.2, 0) is 11.3 Å². The summed E-state index contributed by atoms with van der Waals surface area (Å²) in [7, 11) is 0. The molecule has 0 radical (unpaired) electrons. The quantitative estimate of drug-likeness (QED) is 0.928. The Morgan fingerprint density at radius 2 is 2.39 bits per heavy atom. The first-order valence-electron chi connectivity index (χ1n) is 6.61. The van der Waals surface area contributed by atoms with Crippen molar-refractivity contribution in [2.24, 2.45) is 0 Å². The topological polar surface area (TPSA) is 47.3 Å². The maximum absolute atomic E-state index is 10.7. The first kappa shape index (κ1) is 14.0. The maximum Gasteiger partial charge on any atom is 0.125 e. The van der Waals surface area contributed by atoms with E-state index in [2.05, 4.69) is 28.0 Å². The van der Waals surface area contributed by atoms with Crippen molar-refractivity contribution in [3.05, 3.63) is 16.4 Å². The lowest BCUT2D eigenvalue weighted by atomic mass is 9.88. The molecule has 1 fully saturated rings. The zero-order valence-corrected chi connectivity index (χ0v) is 12.6. The van der Waals surface area contributed by atoms with E-state index in [1.54, 1.807) is 6.20 Å². The molecule has 1 aromatic rings. The summed E-state index contributed by atoms with van der Waals surface area (Å²) in [4.78, 5) is 0. The number of rotatable bonds is 4. The van der Waals surface area contributed by atoms with Gasteiger partial charge in [0.2, 0.25) is 0 Å². The lowest BCUT2D eigenvalue weighted by Crippen LogP contribution is -2.40. The lowest BCUT2D eigenvalue weighted by molar-refractivity contribution is -0.140. The number of hydrogen-bond acceptors (Lipinski definition) is 3. The van der Waals surface area contributed by atoms with Gasteiger partial charge in [-0.2, -0.15) is 5.10 Å². The highest BCUT2D eigenvalue weighted by molar-refractivity contribution is 9.10. The molecule has 0 spiro atoms. The van der Waals surface area contributed by atoms with Gasteiger partial charge in [0.1, 0.15) is 6.10 Å². The molecule has 0 aromatic carbocycles. The molecule has 2 unspecified atom stereocenters. The number of aryl methyl sites for hydroxylation is 1. The molecule has 102 valence electrons. The Hall–Kier alpha value is -0.390. The Morgan fingerprint density at radius 1 is 1.61 bits per heavy atom. The molecule has 0 saturated carbocycles. The fourth-order valence-corrected chi connectivity index (χ4v) is 3.01. The Bertz CT molecular complexity index is 400. The summed E-state index contributed by atoms with van der Waals surface area (Å²) >= 11 is 3.48. The molecule has 2 atom stereocenters. The minimum absolute atomic E-state index is 0.494. The van der Waals surface area contributed by atoms with Crippen molar-refractivity contribution in [1.29, 1.82) is 0 Å². The van der Waals surface area contributed by atoms with Crippen LogP contribution in [0.3, 0.4) is 0 Å². The average molecular weight is 317 g/mol. The largest absolute Gasteiger partial charge is 0.384 e. The first-order chi connectivity index (χ1) is 8.58. The number of aromatic nitrogens is 2. The number of nitrogens with zero attached hydrogens (tertiary/aromatic N) is 2. The van der Waals surface area contributed by atoms with E-state index in [9.17, 15) is 5.11 Å². The van der Waals surface area contributed by atoms with Crippen molar-refractivity contribution in [3.63, 3.8) is 0 Å². The molecule has 0 aliphatic carbocycles. The highest BCUT2D eigenvalue weighted by atomic mass is 79.9. The van der Waals surface area contributed by atoms with E-state index in [0.29, 0.717) is 0 Å². The highest BCUT2D eigenvalue weighted by Gasteiger charge is 2.39. The van der Waals surface area contributed by atoms with Gasteiger partial charge >= 0.3 is 0 Å². The second-order valence-electron chi connectivity index (χ2n) is 5.12. The van der Waals surface area contributed by atoms with Gasteiger partial charge in [0, 0.05) is 13.2 Å². The van der Waals surface area contributed by atoms with Crippen LogP contribution in [0.5, 0.6) is 0 Å². The first-order valence-corrected chi connectivity index (χ1v) is 7.41. The van der Waals surface area contributed by atoms with Crippen molar-refractivity contribution < 1.29 is 9.84 Å². The highest BCUT2D eigenvalue weighted by Crippen LogP contribution is 2.38. The summed E-state index contributed by atoms with van der Waals surface area (Å²) < 4.78 is 8.56. The number of ether oxygens (including phenoxy) is 1. The normalized spacial score (nSPS) is 26.2. The second kappa shape index (κ2) is 5.72. The summed E-state index contributed by atoms with van der Waals surface area (Å²) in [6, 6.07) is 0. The minimum atomic E-state index is -0.638. The maximum atomic E-state index is 10.7. The number of aliphatic hydroxyl groups is 1. The average Bonchev–Trinajstić information content (AvgIpc) is 2.71. The third kappa shape index (κ3) is 2.63. The smallest absolute Gasteiger partial charge is 0.125 e. The van der Waals surface area contributed by atoms with Crippen LogP contribution >= 0.6 is 15.9 Å². The van der Waals surface area contributed by atoms with Crippen LogP contribution < -0.4 is 0 Å². The summed E-state index contributed by atoms with van der Waals surface area (Å²) in [6.07, 6.45) is 5.18. The summed E-state index contributed by atoms with van der Waals surface area (Å²) in [5, 5.41) is 15.0. The molecule has 1 aliphatic heterocycles. The molecule has 2 heterocycles. The van der Waals surface area contributed by atoms with Gasteiger partial charge in [-0.05, 0) is 48.5 Å². The van der Waals surface area contributed by atoms with Crippen LogP contribution in [0.2, 0.25) is 0 Å². The predicted molar refractivity (Wildman–Crippen MR) is 73.4 cm³/mol. The van der Waals surface area contributed by atoms with Crippen LogP contribution in [-0.4, -0.2) is 27.1 Å².